The maximum atomic E-state index is 12.7. The van der Waals surface area contributed by atoms with E-state index in [0.29, 0.717) is 17.1 Å². The lowest BCUT2D eigenvalue weighted by Gasteiger charge is -2.21. The van der Waals surface area contributed by atoms with Crippen molar-refractivity contribution < 1.29 is 31.2 Å². The fourth-order valence-electron chi connectivity index (χ4n) is 1.57. The molecule has 19 heavy (non-hydrogen) atoms. The van der Waals surface area contributed by atoms with Gasteiger partial charge in [-0.2, -0.15) is 22.0 Å². The molecule has 1 atom stereocenters. The molecule has 0 radical (unpaired) electrons. The summed E-state index contributed by atoms with van der Waals surface area (Å²) in [7, 11) is 0. The van der Waals surface area contributed by atoms with Crippen molar-refractivity contribution in [2.75, 3.05) is 0 Å². The first kappa shape index (κ1) is 15.5. The van der Waals surface area contributed by atoms with Gasteiger partial charge in [-0.05, 0) is 26.8 Å². The summed E-state index contributed by atoms with van der Waals surface area (Å²) in [6, 6.07) is 0.449. The van der Waals surface area contributed by atoms with Crippen LogP contribution in [0.4, 0.5) is 22.0 Å². The minimum absolute atomic E-state index is 0.348. The van der Waals surface area contributed by atoms with Gasteiger partial charge in [-0.15, -0.1) is 0 Å². The lowest BCUT2D eigenvalue weighted by atomic mass is 10.1. The second kappa shape index (κ2) is 4.82. The molecular formula is C11H12F5NO2. The van der Waals surface area contributed by atoms with Gasteiger partial charge in [0.25, 0.3) is 0 Å². The van der Waals surface area contributed by atoms with Crippen molar-refractivity contribution in [1.82, 2.24) is 5.32 Å². The van der Waals surface area contributed by atoms with Crippen LogP contribution in [0.3, 0.4) is 0 Å². The number of carbonyl (C=O) groups excluding carboxylic acids is 1. The Kier molecular flexibility index (Phi) is 3.92. The normalized spacial score (nSPS) is 14.3. The molecule has 1 aromatic heterocycles. The summed E-state index contributed by atoms with van der Waals surface area (Å²) >= 11 is 0. The molecule has 0 aromatic carbocycles. The van der Waals surface area contributed by atoms with Gasteiger partial charge in [-0.1, -0.05) is 0 Å². The van der Waals surface area contributed by atoms with Crippen LogP contribution in [-0.4, -0.2) is 18.0 Å². The van der Waals surface area contributed by atoms with Crippen LogP contribution >= 0.6 is 0 Å². The Morgan fingerprint density at radius 1 is 1.26 bits per heavy atom. The predicted molar refractivity (Wildman–Crippen MR) is 55.7 cm³/mol. The Morgan fingerprint density at radius 2 is 1.79 bits per heavy atom. The van der Waals surface area contributed by atoms with E-state index in [4.69, 9.17) is 4.42 Å². The molecule has 1 aromatic rings. The van der Waals surface area contributed by atoms with Crippen molar-refractivity contribution in [2.24, 2.45) is 0 Å². The predicted octanol–water partition coefficient (Wildman–Crippen LogP) is 3.27. The Hall–Kier alpha value is -1.60. The van der Waals surface area contributed by atoms with Crippen LogP contribution in [0.5, 0.6) is 0 Å². The van der Waals surface area contributed by atoms with Crippen LogP contribution in [0.15, 0.2) is 10.5 Å². The van der Waals surface area contributed by atoms with E-state index in [1.807, 2.05) is 0 Å². The molecule has 1 N–H and O–H groups in total. The average Bonchev–Trinajstić information content (AvgIpc) is 2.55. The highest BCUT2D eigenvalue weighted by Gasteiger charge is 2.63. The third kappa shape index (κ3) is 3.05. The molecule has 108 valence electrons. The molecular weight excluding hydrogens is 273 g/mol. The average molecular weight is 285 g/mol. The van der Waals surface area contributed by atoms with Gasteiger partial charge in [0.1, 0.15) is 11.5 Å². The van der Waals surface area contributed by atoms with Crippen molar-refractivity contribution in [1.29, 1.82) is 0 Å². The first-order valence-electron chi connectivity index (χ1n) is 5.29. The molecule has 1 amide bonds. The summed E-state index contributed by atoms with van der Waals surface area (Å²) in [6.07, 6.45) is -5.92. The van der Waals surface area contributed by atoms with E-state index in [0.717, 1.165) is 0 Å². The maximum absolute atomic E-state index is 12.7. The van der Waals surface area contributed by atoms with E-state index in [9.17, 15) is 26.7 Å². The van der Waals surface area contributed by atoms with Crippen LogP contribution in [0.1, 0.15) is 30.0 Å². The van der Waals surface area contributed by atoms with Gasteiger partial charge in [-0.3, -0.25) is 4.79 Å². The van der Waals surface area contributed by atoms with Gasteiger partial charge in [0.05, 0.1) is 6.04 Å². The van der Waals surface area contributed by atoms with E-state index in [2.05, 4.69) is 0 Å². The quantitative estimate of drug-likeness (QED) is 0.866. The van der Waals surface area contributed by atoms with Gasteiger partial charge in [0, 0.05) is 5.56 Å². The molecule has 0 aliphatic carbocycles. The van der Waals surface area contributed by atoms with Gasteiger partial charge < -0.3 is 9.73 Å². The molecule has 1 unspecified atom stereocenters. The van der Waals surface area contributed by atoms with Crippen LogP contribution < -0.4 is 5.32 Å². The topological polar surface area (TPSA) is 42.2 Å². The van der Waals surface area contributed by atoms with E-state index >= 15 is 0 Å². The highest BCUT2D eigenvalue weighted by atomic mass is 19.4. The highest BCUT2D eigenvalue weighted by Crippen LogP contribution is 2.36. The zero-order chi connectivity index (χ0) is 15.0. The Morgan fingerprint density at radius 3 is 2.16 bits per heavy atom. The molecule has 0 saturated heterocycles. The third-order valence-corrected chi connectivity index (χ3v) is 2.53. The highest BCUT2D eigenvalue weighted by molar-refractivity contribution is 5.84. The van der Waals surface area contributed by atoms with Crippen molar-refractivity contribution in [3.63, 3.8) is 0 Å². The second-order valence-electron chi connectivity index (χ2n) is 4.14. The van der Waals surface area contributed by atoms with Crippen LogP contribution in [-0.2, 0) is 4.79 Å². The first-order chi connectivity index (χ1) is 8.46. The fourth-order valence-corrected chi connectivity index (χ4v) is 1.57. The van der Waals surface area contributed by atoms with Crippen LogP contribution in [0.25, 0.3) is 0 Å². The van der Waals surface area contributed by atoms with Crippen molar-refractivity contribution in [2.45, 2.75) is 38.9 Å². The van der Waals surface area contributed by atoms with E-state index in [1.54, 1.807) is 12.2 Å². The number of hydrogen-bond acceptors (Lipinski definition) is 2. The van der Waals surface area contributed by atoms with Gasteiger partial charge in [0.2, 0.25) is 0 Å². The molecule has 0 saturated carbocycles. The molecule has 0 aliphatic heterocycles. The fraction of sp³-hybridized carbons (Fsp3) is 0.545. The summed E-state index contributed by atoms with van der Waals surface area (Å²) in [5.41, 5.74) is 0.351. The smallest absolute Gasteiger partial charge is 0.463 e. The Bertz CT molecular complexity index is 478. The summed E-state index contributed by atoms with van der Waals surface area (Å²) in [4.78, 5) is 11.0. The van der Waals surface area contributed by atoms with E-state index in [-0.39, 0.29) is 0 Å². The maximum Gasteiger partial charge on any atom is 0.463 e. The molecule has 3 nitrogen and oxygen atoms in total. The summed E-state index contributed by atoms with van der Waals surface area (Å²) in [6.45, 7) is 4.41. The lowest BCUT2D eigenvalue weighted by molar-refractivity contribution is -0.270. The van der Waals surface area contributed by atoms with E-state index in [1.165, 1.54) is 19.9 Å². The molecule has 0 spiro atoms. The molecule has 0 fully saturated rings. The molecule has 0 aliphatic rings. The number of nitrogens with one attached hydrogen (secondary N) is 1. The van der Waals surface area contributed by atoms with Crippen molar-refractivity contribution in [3.05, 3.63) is 23.2 Å². The Balaban J connectivity index is 2.86. The van der Waals surface area contributed by atoms with Crippen molar-refractivity contribution >= 4 is 5.91 Å². The molecule has 1 rings (SSSR count). The van der Waals surface area contributed by atoms with Gasteiger partial charge in [-0.25, -0.2) is 0 Å². The number of hydrogen-bond donors (Lipinski definition) is 1. The number of amides is 1. The first-order valence-corrected chi connectivity index (χ1v) is 5.29. The monoisotopic (exact) mass is 285 g/mol. The van der Waals surface area contributed by atoms with Gasteiger partial charge >= 0.3 is 18.0 Å². The summed E-state index contributed by atoms with van der Waals surface area (Å²) < 4.78 is 66.6. The third-order valence-electron chi connectivity index (χ3n) is 2.53. The SMILES string of the molecule is Cc1cc(C(C)NC(=O)C(F)(F)C(F)(F)F)c(C)o1. The van der Waals surface area contributed by atoms with Crippen LogP contribution in [0.2, 0.25) is 0 Å². The summed E-state index contributed by atoms with van der Waals surface area (Å²) in [5.74, 6) is -6.99. The van der Waals surface area contributed by atoms with Crippen molar-refractivity contribution in [3.8, 4) is 0 Å². The standard InChI is InChI=1S/C11H12F5NO2/c1-5-4-8(7(3)19-5)6(2)17-9(18)10(12,13)11(14,15)16/h4,6H,1-3H3,(H,17,18). The zero-order valence-electron chi connectivity index (χ0n) is 10.4. The molecule has 0 bridgehead atoms. The minimum atomic E-state index is -5.92. The van der Waals surface area contributed by atoms with Crippen LogP contribution in [0, 0.1) is 13.8 Å². The number of aryl methyl sites for hydroxylation is 2. The largest absolute Gasteiger partial charge is 0.466 e. The minimum Gasteiger partial charge on any atom is -0.466 e. The van der Waals surface area contributed by atoms with Gasteiger partial charge in [0.15, 0.2) is 0 Å². The number of halogens is 5. The number of alkyl halides is 5. The second-order valence-corrected chi connectivity index (χ2v) is 4.14. The molecule has 8 heteroatoms. The van der Waals surface area contributed by atoms with E-state index < -0.39 is 24.0 Å². The summed E-state index contributed by atoms with van der Waals surface area (Å²) in [5, 5.41) is 1.63. The molecule has 1 heterocycles. The number of rotatable bonds is 3. The Labute approximate surface area is 105 Å². The zero-order valence-corrected chi connectivity index (χ0v) is 10.4. The lowest BCUT2D eigenvalue weighted by Crippen LogP contribution is -2.50. The number of carbonyl (C=O) groups is 1. The number of furan rings is 1.